The van der Waals surface area contributed by atoms with Gasteiger partial charge in [0.2, 0.25) is 0 Å². The molecule has 11 heteroatoms. The maximum Gasteiger partial charge on any atom is 0.262 e. The molecule has 0 fully saturated rings. The Bertz CT molecular complexity index is 1210. The smallest absolute Gasteiger partial charge is 0.262 e. The summed E-state index contributed by atoms with van der Waals surface area (Å²) in [6, 6.07) is 15.1. The molecule has 0 aromatic heterocycles. The molecule has 0 unspecified atom stereocenters. The molecular weight excluding hydrogens is 499 g/mol. The van der Waals surface area contributed by atoms with E-state index in [2.05, 4.69) is 10.0 Å². The lowest BCUT2D eigenvalue weighted by atomic mass is 10.3. The maximum atomic E-state index is 12.6. The van der Waals surface area contributed by atoms with E-state index < -0.39 is 22.5 Å². The van der Waals surface area contributed by atoms with Gasteiger partial charge in [-0.1, -0.05) is 40.9 Å². The molecule has 0 aliphatic rings. The zero-order valence-electron chi connectivity index (χ0n) is 16.6. The number of hydrogen-bond donors (Lipinski definition) is 2. The second kappa shape index (κ2) is 10.3. The number of hydrogen-bond acceptors (Lipinski definition) is 5. The number of para-hydroxylation sites is 1. The first-order valence-electron chi connectivity index (χ1n) is 9.02. The van der Waals surface area contributed by atoms with Crippen LogP contribution in [0.3, 0.4) is 0 Å². The summed E-state index contributed by atoms with van der Waals surface area (Å²) >= 11 is 18.2. The van der Waals surface area contributed by atoms with Crippen molar-refractivity contribution in [2.75, 3.05) is 23.8 Å². The van der Waals surface area contributed by atoms with Crippen molar-refractivity contribution < 1.29 is 22.7 Å². The molecular formula is C21H17Cl3N2O5S. The Morgan fingerprint density at radius 3 is 2.19 bits per heavy atom. The van der Waals surface area contributed by atoms with Crippen molar-refractivity contribution in [3.8, 4) is 11.5 Å². The quantitative estimate of drug-likeness (QED) is 0.415. The fourth-order valence-electron chi connectivity index (χ4n) is 2.57. The molecule has 0 heterocycles. The third-order valence-electron chi connectivity index (χ3n) is 4.14. The van der Waals surface area contributed by atoms with E-state index in [1.165, 1.54) is 25.3 Å². The normalized spacial score (nSPS) is 11.0. The summed E-state index contributed by atoms with van der Waals surface area (Å²) < 4.78 is 38.1. The first-order valence-corrected chi connectivity index (χ1v) is 11.6. The van der Waals surface area contributed by atoms with Gasteiger partial charge in [0, 0.05) is 5.69 Å². The summed E-state index contributed by atoms with van der Waals surface area (Å²) in [5.41, 5.74) is 0.624. The van der Waals surface area contributed by atoms with E-state index >= 15 is 0 Å². The predicted molar refractivity (Wildman–Crippen MR) is 126 cm³/mol. The number of benzene rings is 3. The Kier molecular flexibility index (Phi) is 7.73. The molecule has 0 bridgehead atoms. The average molecular weight is 516 g/mol. The molecule has 3 aromatic carbocycles. The molecule has 32 heavy (non-hydrogen) atoms. The van der Waals surface area contributed by atoms with Crippen LogP contribution in [-0.4, -0.2) is 28.0 Å². The molecule has 0 spiro atoms. The highest BCUT2D eigenvalue weighted by atomic mass is 35.5. The molecule has 0 aliphatic carbocycles. The van der Waals surface area contributed by atoms with E-state index in [4.69, 9.17) is 44.3 Å². The Hall–Kier alpha value is -2.65. The number of halogens is 3. The Labute approximate surface area is 200 Å². The third-order valence-corrected chi connectivity index (χ3v) is 6.45. The van der Waals surface area contributed by atoms with Gasteiger partial charge in [0.25, 0.3) is 15.9 Å². The SMILES string of the molecule is COc1ccc(NS(=O)(=O)c2ccc(OCC(=O)Nc3c(Cl)cccc3Cl)c(Cl)c2)cc1. The maximum absolute atomic E-state index is 12.6. The minimum atomic E-state index is -3.89. The first-order chi connectivity index (χ1) is 15.2. The lowest BCUT2D eigenvalue weighted by molar-refractivity contribution is -0.118. The zero-order chi connectivity index (χ0) is 23.3. The standard InChI is InChI=1S/C21H17Cl3N2O5S/c1-30-14-7-5-13(6-8-14)26-32(28,29)15-9-10-19(18(24)11-15)31-12-20(27)25-21-16(22)3-2-4-17(21)23/h2-11,26H,12H2,1H3,(H,25,27). The summed E-state index contributed by atoms with van der Waals surface area (Å²) in [7, 11) is -2.38. The van der Waals surface area contributed by atoms with Crippen LogP contribution in [-0.2, 0) is 14.8 Å². The molecule has 1 amide bonds. The number of rotatable bonds is 8. The molecule has 7 nitrogen and oxygen atoms in total. The van der Waals surface area contributed by atoms with Crippen LogP contribution >= 0.6 is 34.8 Å². The van der Waals surface area contributed by atoms with Gasteiger partial charge in [-0.25, -0.2) is 8.42 Å². The van der Waals surface area contributed by atoms with Crippen LogP contribution < -0.4 is 19.5 Å². The predicted octanol–water partition coefficient (Wildman–Crippen LogP) is 5.47. The van der Waals surface area contributed by atoms with E-state index in [1.54, 1.807) is 42.5 Å². The lowest BCUT2D eigenvalue weighted by Crippen LogP contribution is -2.20. The summed E-state index contributed by atoms with van der Waals surface area (Å²) in [6.45, 7) is -0.391. The first kappa shape index (κ1) is 24.0. The number of nitrogens with one attached hydrogen (secondary N) is 2. The Balaban J connectivity index is 1.65. The number of amides is 1. The van der Waals surface area contributed by atoms with Gasteiger partial charge < -0.3 is 14.8 Å². The van der Waals surface area contributed by atoms with Gasteiger partial charge >= 0.3 is 0 Å². The summed E-state index contributed by atoms with van der Waals surface area (Å²) in [5, 5.41) is 3.13. The average Bonchev–Trinajstić information content (AvgIpc) is 2.76. The highest BCUT2D eigenvalue weighted by molar-refractivity contribution is 7.92. The van der Waals surface area contributed by atoms with Crippen LogP contribution in [0, 0.1) is 0 Å². The van der Waals surface area contributed by atoms with Gasteiger partial charge in [0.15, 0.2) is 6.61 Å². The van der Waals surface area contributed by atoms with Crippen LogP contribution in [0.5, 0.6) is 11.5 Å². The molecule has 0 radical (unpaired) electrons. The number of anilines is 2. The van der Waals surface area contributed by atoms with Crippen molar-refractivity contribution in [1.29, 1.82) is 0 Å². The third kappa shape index (κ3) is 5.98. The van der Waals surface area contributed by atoms with Crippen LogP contribution in [0.25, 0.3) is 0 Å². The molecule has 3 aromatic rings. The monoisotopic (exact) mass is 514 g/mol. The largest absolute Gasteiger partial charge is 0.497 e. The van der Waals surface area contributed by atoms with Crippen molar-refractivity contribution in [2.45, 2.75) is 4.90 Å². The van der Waals surface area contributed by atoms with Gasteiger partial charge in [-0.05, 0) is 54.6 Å². The van der Waals surface area contributed by atoms with Crippen LogP contribution in [0.1, 0.15) is 0 Å². The van der Waals surface area contributed by atoms with E-state index in [0.29, 0.717) is 11.4 Å². The number of ether oxygens (including phenoxy) is 2. The summed E-state index contributed by atoms with van der Waals surface area (Å²) in [4.78, 5) is 12.1. The van der Waals surface area contributed by atoms with E-state index in [1.807, 2.05) is 0 Å². The van der Waals surface area contributed by atoms with Crippen LogP contribution in [0.4, 0.5) is 11.4 Å². The van der Waals surface area contributed by atoms with Crippen LogP contribution in [0.15, 0.2) is 65.6 Å². The lowest BCUT2D eigenvalue weighted by Gasteiger charge is -2.12. The number of sulfonamides is 1. The molecule has 3 rings (SSSR count). The minimum absolute atomic E-state index is 0.0196. The Morgan fingerprint density at radius 1 is 0.938 bits per heavy atom. The van der Waals surface area contributed by atoms with Gasteiger partial charge in [0.1, 0.15) is 11.5 Å². The van der Waals surface area contributed by atoms with Gasteiger partial charge in [-0.15, -0.1) is 0 Å². The second-order valence-electron chi connectivity index (χ2n) is 6.36. The fourth-order valence-corrected chi connectivity index (χ4v) is 4.45. The second-order valence-corrected chi connectivity index (χ2v) is 9.26. The number of carbonyl (C=O) groups excluding carboxylic acids is 1. The van der Waals surface area contributed by atoms with E-state index in [-0.39, 0.29) is 31.4 Å². The molecule has 168 valence electrons. The van der Waals surface area contributed by atoms with Crippen LogP contribution in [0.2, 0.25) is 15.1 Å². The molecule has 0 saturated heterocycles. The van der Waals surface area contributed by atoms with Gasteiger partial charge in [-0.3, -0.25) is 9.52 Å². The molecule has 0 saturated carbocycles. The highest BCUT2D eigenvalue weighted by Gasteiger charge is 2.17. The van der Waals surface area contributed by atoms with Crippen molar-refractivity contribution in [3.63, 3.8) is 0 Å². The fraction of sp³-hybridized carbons (Fsp3) is 0.0952. The molecule has 2 N–H and O–H groups in total. The van der Waals surface area contributed by atoms with Gasteiger partial charge in [-0.2, -0.15) is 0 Å². The highest BCUT2D eigenvalue weighted by Crippen LogP contribution is 2.31. The van der Waals surface area contributed by atoms with E-state index in [0.717, 1.165) is 0 Å². The number of carbonyl (C=O) groups is 1. The van der Waals surface area contributed by atoms with Crippen molar-refractivity contribution >= 4 is 62.1 Å². The zero-order valence-corrected chi connectivity index (χ0v) is 19.6. The minimum Gasteiger partial charge on any atom is -0.497 e. The summed E-state index contributed by atoms with van der Waals surface area (Å²) in [6.07, 6.45) is 0. The van der Waals surface area contributed by atoms with E-state index in [9.17, 15) is 13.2 Å². The van der Waals surface area contributed by atoms with Gasteiger partial charge in [0.05, 0.1) is 32.8 Å². The summed E-state index contributed by atoms with van der Waals surface area (Å²) in [5.74, 6) is 0.211. The molecule has 0 atom stereocenters. The number of methoxy groups -OCH3 is 1. The Morgan fingerprint density at radius 2 is 1.59 bits per heavy atom. The van der Waals surface area contributed by atoms with Crippen molar-refractivity contribution in [3.05, 3.63) is 75.7 Å². The van der Waals surface area contributed by atoms with Crippen molar-refractivity contribution in [1.82, 2.24) is 0 Å². The van der Waals surface area contributed by atoms with Crippen molar-refractivity contribution in [2.24, 2.45) is 0 Å². The molecule has 0 aliphatic heterocycles. The topological polar surface area (TPSA) is 93.7 Å².